The quantitative estimate of drug-likeness (QED) is 0.133. The standard InChI is InChI=1S/C31H48N6O/c32-31(33)35-22-10-16-29(36-24-28-15-8-9-21-34-28)30(38)37-23-27-19-17-26(18-20-27)14-5-2-1-4-11-25-12-6-3-7-13-25/h8-9,15,17-21,25,29,36H,1-7,10-14,16,22-24H2,(H,37,38)(H4,32,33,35)/t29-/m0/s1. The molecular weight excluding hydrogens is 472 g/mol. The lowest BCUT2D eigenvalue weighted by molar-refractivity contribution is -0.123. The van der Waals surface area contributed by atoms with Crippen LogP contribution in [0.1, 0.15) is 93.9 Å². The summed E-state index contributed by atoms with van der Waals surface area (Å²) in [7, 11) is 0. The van der Waals surface area contributed by atoms with Crippen molar-refractivity contribution in [3.8, 4) is 0 Å². The second-order valence-electron chi connectivity index (χ2n) is 10.7. The normalized spacial score (nSPS) is 14.6. The first-order valence-electron chi connectivity index (χ1n) is 14.6. The molecule has 6 N–H and O–H groups in total. The van der Waals surface area contributed by atoms with Crippen LogP contribution in [-0.4, -0.2) is 29.4 Å². The number of pyridine rings is 1. The van der Waals surface area contributed by atoms with Gasteiger partial charge in [0.1, 0.15) is 0 Å². The molecular formula is C31H48N6O. The smallest absolute Gasteiger partial charge is 0.237 e. The van der Waals surface area contributed by atoms with Gasteiger partial charge in [-0.2, -0.15) is 0 Å². The monoisotopic (exact) mass is 520 g/mol. The van der Waals surface area contributed by atoms with E-state index in [4.69, 9.17) is 11.5 Å². The lowest BCUT2D eigenvalue weighted by atomic mass is 9.85. The number of unbranched alkanes of at least 4 members (excludes halogenated alkanes) is 3. The van der Waals surface area contributed by atoms with Crippen LogP contribution in [0.2, 0.25) is 0 Å². The first kappa shape index (κ1) is 29.6. The highest BCUT2D eigenvalue weighted by molar-refractivity contribution is 5.81. The highest BCUT2D eigenvalue weighted by Gasteiger charge is 2.17. The average molecular weight is 521 g/mol. The van der Waals surface area contributed by atoms with Crippen molar-refractivity contribution in [1.82, 2.24) is 15.6 Å². The van der Waals surface area contributed by atoms with E-state index in [0.717, 1.165) is 23.6 Å². The van der Waals surface area contributed by atoms with Crippen LogP contribution in [0.4, 0.5) is 0 Å². The molecule has 1 atom stereocenters. The number of aryl methyl sites for hydroxylation is 1. The maximum absolute atomic E-state index is 13.0. The van der Waals surface area contributed by atoms with Gasteiger partial charge in [-0.05, 0) is 54.9 Å². The summed E-state index contributed by atoms with van der Waals surface area (Å²) in [5.41, 5.74) is 14.2. The molecule has 1 saturated carbocycles. The highest BCUT2D eigenvalue weighted by atomic mass is 16.2. The second kappa shape index (κ2) is 17.6. The van der Waals surface area contributed by atoms with Crippen molar-refractivity contribution in [3.05, 3.63) is 65.5 Å². The summed E-state index contributed by atoms with van der Waals surface area (Å²) >= 11 is 0. The third kappa shape index (κ3) is 12.1. The van der Waals surface area contributed by atoms with Crippen molar-refractivity contribution in [2.45, 2.75) is 103 Å². The van der Waals surface area contributed by atoms with E-state index in [-0.39, 0.29) is 17.9 Å². The summed E-state index contributed by atoms with van der Waals surface area (Å²) in [5.74, 6) is 1.06. The number of amides is 1. The van der Waals surface area contributed by atoms with Crippen molar-refractivity contribution in [2.75, 3.05) is 6.54 Å². The fourth-order valence-electron chi connectivity index (χ4n) is 5.29. The molecule has 1 heterocycles. The third-order valence-corrected chi connectivity index (χ3v) is 7.56. The van der Waals surface area contributed by atoms with Gasteiger partial charge in [-0.15, -0.1) is 0 Å². The Morgan fingerprint density at radius 2 is 1.68 bits per heavy atom. The van der Waals surface area contributed by atoms with E-state index in [1.165, 1.54) is 69.8 Å². The first-order valence-corrected chi connectivity index (χ1v) is 14.6. The fourth-order valence-corrected chi connectivity index (χ4v) is 5.29. The molecule has 1 aromatic carbocycles. The predicted molar refractivity (Wildman–Crippen MR) is 156 cm³/mol. The third-order valence-electron chi connectivity index (χ3n) is 7.56. The molecule has 1 fully saturated rings. The van der Waals surface area contributed by atoms with Gasteiger partial charge in [0.2, 0.25) is 5.91 Å². The summed E-state index contributed by atoms with van der Waals surface area (Å²) in [4.78, 5) is 21.4. The molecule has 0 bridgehead atoms. The number of benzene rings is 1. The van der Waals surface area contributed by atoms with Crippen LogP contribution in [0.15, 0.2) is 53.7 Å². The summed E-state index contributed by atoms with van der Waals surface area (Å²) < 4.78 is 0. The van der Waals surface area contributed by atoms with Gasteiger partial charge in [0.05, 0.1) is 11.7 Å². The van der Waals surface area contributed by atoms with Crippen molar-refractivity contribution in [3.63, 3.8) is 0 Å². The van der Waals surface area contributed by atoms with Gasteiger partial charge in [-0.1, -0.05) is 88.1 Å². The van der Waals surface area contributed by atoms with E-state index in [1.807, 2.05) is 18.2 Å². The van der Waals surface area contributed by atoms with Crippen molar-refractivity contribution < 1.29 is 4.79 Å². The van der Waals surface area contributed by atoms with Crippen molar-refractivity contribution >= 4 is 11.9 Å². The molecule has 3 rings (SSSR count). The first-order chi connectivity index (χ1) is 18.6. The minimum atomic E-state index is -0.344. The van der Waals surface area contributed by atoms with Gasteiger partial charge in [-0.3, -0.25) is 14.8 Å². The minimum Gasteiger partial charge on any atom is -0.370 e. The van der Waals surface area contributed by atoms with Crippen LogP contribution in [0.3, 0.4) is 0 Å². The molecule has 1 amide bonds. The molecule has 2 aromatic rings. The fraction of sp³-hybridized carbons (Fsp3) is 0.581. The molecule has 7 nitrogen and oxygen atoms in total. The zero-order valence-corrected chi connectivity index (χ0v) is 23.0. The molecule has 0 aliphatic heterocycles. The number of guanidine groups is 1. The van der Waals surface area contributed by atoms with Gasteiger partial charge < -0.3 is 22.1 Å². The van der Waals surface area contributed by atoms with Crippen molar-refractivity contribution in [2.24, 2.45) is 22.4 Å². The molecule has 0 spiro atoms. The van der Waals surface area contributed by atoms with Crippen molar-refractivity contribution in [1.29, 1.82) is 0 Å². The Kier molecular flexibility index (Phi) is 13.7. The molecule has 1 aliphatic rings. The highest BCUT2D eigenvalue weighted by Crippen LogP contribution is 2.28. The molecule has 1 aliphatic carbocycles. The van der Waals surface area contributed by atoms with E-state index in [9.17, 15) is 4.79 Å². The molecule has 208 valence electrons. The molecule has 0 saturated heterocycles. The topological polar surface area (TPSA) is 118 Å². The van der Waals surface area contributed by atoms with E-state index in [2.05, 4.69) is 44.9 Å². The number of hydrogen-bond acceptors (Lipinski definition) is 4. The zero-order valence-electron chi connectivity index (χ0n) is 23.0. The van der Waals surface area contributed by atoms with Crippen LogP contribution in [0.5, 0.6) is 0 Å². The number of hydrogen-bond donors (Lipinski definition) is 4. The average Bonchev–Trinajstić information content (AvgIpc) is 2.94. The number of carbonyl (C=O) groups excluding carboxylic acids is 1. The maximum Gasteiger partial charge on any atom is 0.237 e. The van der Waals surface area contributed by atoms with Gasteiger partial charge >= 0.3 is 0 Å². The van der Waals surface area contributed by atoms with Gasteiger partial charge in [0.15, 0.2) is 5.96 Å². The number of nitrogens with two attached hydrogens (primary N) is 2. The number of rotatable bonds is 17. The summed E-state index contributed by atoms with van der Waals surface area (Å²) in [6.07, 6.45) is 18.3. The Bertz CT molecular complexity index is 937. The SMILES string of the molecule is NC(N)=NCCC[C@H](NCc1ccccn1)C(=O)NCc1ccc(CCCCCCC2CCCCC2)cc1. The number of carbonyl (C=O) groups is 1. The summed E-state index contributed by atoms with van der Waals surface area (Å²) in [5, 5.41) is 6.43. The zero-order chi connectivity index (χ0) is 26.8. The Labute approximate surface area is 229 Å². The lowest BCUT2D eigenvalue weighted by Crippen LogP contribution is -2.43. The Morgan fingerprint density at radius 1 is 0.921 bits per heavy atom. The van der Waals surface area contributed by atoms with E-state index >= 15 is 0 Å². The maximum atomic E-state index is 13.0. The Hall–Kier alpha value is -2.93. The second-order valence-corrected chi connectivity index (χ2v) is 10.7. The van der Waals surface area contributed by atoms with E-state index < -0.39 is 0 Å². The number of nitrogens with one attached hydrogen (secondary N) is 2. The summed E-state index contributed by atoms with van der Waals surface area (Å²) in [6.45, 7) is 1.53. The van der Waals surface area contributed by atoms with Crippen LogP contribution in [0, 0.1) is 5.92 Å². The minimum absolute atomic E-state index is 0.0251. The molecule has 1 aromatic heterocycles. The molecule has 38 heavy (non-hydrogen) atoms. The van der Waals surface area contributed by atoms with Crippen LogP contribution >= 0.6 is 0 Å². The van der Waals surface area contributed by atoms with E-state index in [0.29, 0.717) is 32.5 Å². The largest absolute Gasteiger partial charge is 0.370 e. The Balaban J connectivity index is 1.36. The lowest BCUT2D eigenvalue weighted by Gasteiger charge is -2.21. The Morgan fingerprint density at radius 3 is 2.42 bits per heavy atom. The van der Waals surface area contributed by atoms with Gasteiger partial charge in [0, 0.05) is 25.8 Å². The number of aromatic nitrogens is 1. The number of aliphatic imine (C=N–C) groups is 1. The number of nitrogens with zero attached hydrogens (tertiary/aromatic N) is 2. The summed E-state index contributed by atoms with van der Waals surface area (Å²) in [6, 6.07) is 14.1. The van der Waals surface area contributed by atoms with E-state index in [1.54, 1.807) is 6.20 Å². The predicted octanol–water partition coefficient (Wildman–Crippen LogP) is 4.98. The van der Waals surface area contributed by atoms with Gasteiger partial charge in [-0.25, -0.2) is 0 Å². The molecule has 0 radical (unpaired) electrons. The van der Waals surface area contributed by atoms with Crippen LogP contribution in [-0.2, 0) is 24.3 Å². The molecule has 0 unspecified atom stereocenters. The molecule has 7 heteroatoms. The van der Waals surface area contributed by atoms with Crippen LogP contribution in [0.25, 0.3) is 0 Å². The van der Waals surface area contributed by atoms with Gasteiger partial charge in [0.25, 0.3) is 0 Å². The van der Waals surface area contributed by atoms with Crippen LogP contribution < -0.4 is 22.1 Å².